The van der Waals surface area contributed by atoms with Crippen molar-refractivity contribution in [2.45, 2.75) is 26.7 Å². The molecule has 19 heavy (non-hydrogen) atoms. The van der Waals surface area contributed by atoms with Crippen molar-refractivity contribution in [2.75, 3.05) is 7.11 Å². The van der Waals surface area contributed by atoms with E-state index in [0.717, 1.165) is 37.2 Å². The highest BCUT2D eigenvalue weighted by molar-refractivity contribution is 6.39. The number of carbonyl (C=O) groups excluding carboxylic acids is 2. The first-order valence-electron chi connectivity index (χ1n) is 6.18. The highest BCUT2D eigenvalue weighted by Gasteiger charge is 2.14. The Balaban J connectivity index is 3.16. The number of rotatable bonds is 5. The van der Waals surface area contributed by atoms with Crippen LogP contribution in [0, 0.1) is 0 Å². The van der Waals surface area contributed by atoms with Crippen LogP contribution in [0.4, 0.5) is 0 Å². The standard InChI is InChI=1S/C15H18O4/c1-4-10-6-7-11(5-2)12(8-10)13(16)9-14(17)15(18)19-3/h6-9,16H,4-5H2,1-3H3/b13-9-. The maximum atomic E-state index is 11.4. The number of ether oxygens (including phenoxy) is 1. The molecule has 4 nitrogen and oxygen atoms in total. The normalized spacial score (nSPS) is 11.2. The SMILES string of the molecule is CCc1ccc(CC)c(/C(O)=C/C(=O)C(=O)OC)c1. The molecule has 102 valence electrons. The van der Waals surface area contributed by atoms with Crippen molar-refractivity contribution < 1.29 is 19.4 Å². The molecule has 0 atom stereocenters. The molecule has 0 heterocycles. The maximum Gasteiger partial charge on any atom is 0.378 e. The molecule has 0 spiro atoms. The second-order valence-corrected chi connectivity index (χ2v) is 4.08. The molecule has 1 aromatic carbocycles. The van der Waals surface area contributed by atoms with E-state index in [1.54, 1.807) is 0 Å². The number of benzene rings is 1. The number of hydrogen-bond acceptors (Lipinski definition) is 4. The average molecular weight is 262 g/mol. The molecule has 0 unspecified atom stereocenters. The van der Waals surface area contributed by atoms with Gasteiger partial charge in [-0.15, -0.1) is 0 Å². The maximum absolute atomic E-state index is 11.4. The molecule has 0 amide bonds. The van der Waals surface area contributed by atoms with Crippen LogP contribution in [0.3, 0.4) is 0 Å². The van der Waals surface area contributed by atoms with Crippen molar-refractivity contribution in [2.24, 2.45) is 0 Å². The zero-order valence-electron chi connectivity index (χ0n) is 11.4. The summed E-state index contributed by atoms with van der Waals surface area (Å²) in [6, 6.07) is 5.73. The van der Waals surface area contributed by atoms with Crippen molar-refractivity contribution in [3.63, 3.8) is 0 Å². The van der Waals surface area contributed by atoms with Crippen molar-refractivity contribution >= 4 is 17.5 Å². The van der Waals surface area contributed by atoms with Gasteiger partial charge in [0.1, 0.15) is 5.76 Å². The summed E-state index contributed by atoms with van der Waals surface area (Å²) in [4.78, 5) is 22.4. The second kappa shape index (κ2) is 6.73. The van der Waals surface area contributed by atoms with Crippen molar-refractivity contribution in [3.05, 3.63) is 41.0 Å². The number of aliphatic hydroxyl groups excluding tert-OH is 1. The van der Waals surface area contributed by atoms with E-state index in [4.69, 9.17) is 0 Å². The minimum atomic E-state index is -0.990. The van der Waals surface area contributed by atoms with E-state index in [1.165, 1.54) is 0 Å². The first-order valence-corrected chi connectivity index (χ1v) is 6.18. The third-order valence-electron chi connectivity index (χ3n) is 2.89. The Hall–Kier alpha value is -2.10. The fourth-order valence-electron chi connectivity index (χ4n) is 1.75. The summed E-state index contributed by atoms with van der Waals surface area (Å²) in [6.45, 7) is 3.96. The summed E-state index contributed by atoms with van der Waals surface area (Å²) in [5.41, 5.74) is 2.56. The van der Waals surface area contributed by atoms with Gasteiger partial charge in [0.05, 0.1) is 7.11 Å². The number of aryl methyl sites for hydroxylation is 2. The number of esters is 1. The van der Waals surface area contributed by atoms with Crippen molar-refractivity contribution in [1.82, 2.24) is 0 Å². The lowest BCUT2D eigenvalue weighted by molar-refractivity contribution is -0.149. The highest BCUT2D eigenvalue weighted by Crippen LogP contribution is 2.20. The Morgan fingerprint density at radius 3 is 2.47 bits per heavy atom. The van der Waals surface area contributed by atoms with Crippen LogP contribution in [-0.2, 0) is 27.2 Å². The van der Waals surface area contributed by atoms with E-state index >= 15 is 0 Å². The smallest absolute Gasteiger partial charge is 0.378 e. The number of aliphatic hydroxyl groups is 1. The monoisotopic (exact) mass is 262 g/mol. The molecule has 0 aliphatic heterocycles. The molecule has 1 rings (SSSR count). The van der Waals surface area contributed by atoms with Gasteiger partial charge in [-0.25, -0.2) is 4.79 Å². The first-order chi connectivity index (χ1) is 9.03. The summed E-state index contributed by atoms with van der Waals surface area (Å²) < 4.78 is 4.31. The zero-order valence-corrected chi connectivity index (χ0v) is 11.4. The summed E-state index contributed by atoms with van der Waals surface area (Å²) in [7, 11) is 1.13. The van der Waals surface area contributed by atoms with Gasteiger partial charge in [-0.3, -0.25) is 4.79 Å². The molecule has 0 radical (unpaired) electrons. The summed E-state index contributed by atoms with van der Waals surface area (Å²) in [5, 5.41) is 10.00. The molecule has 0 aliphatic rings. The molecule has 1 N–H and O–H groups in total. The molecule has 0 aromatic heterocycles. The number of ketones is 1. The van der Waals surface area contributed by atoms with E-state index in [1.807, 2.05) is 32.0 Å². The molecular weight excluding hydrogens is 244 g/mol. The van der Waals surface area contributed by atoms with E-state index < -0.39 is 11.8 Å². The van der Waals surface area contributed by atoms with Gasteiger partial charge in [0.25, 0.3) is 5.78 Å². The van der Waals surface area contributed by atoms with Crippen molar-refractivity contribution in [1.29, 1.82) is 0 Å². The van der Waals surface area contributed by atoms with Gasteiger partial charge in [-0.05, 0) is 30.0 Å². The number of methoxy groups -OCH3 is 1. The molecule has 0 aliphatic carbocycles. The van der Waals surface area contributed by atoms with Gasteiger partial charge in [0.2, 0.25) is 0 Å². The third kappa shape index (κ3) is 3.68. The van der Waals surface area contributed by atoms with Crippen LogP contribution >= 0.6 is 0 Å². The van der Waals surface area contributed by atoms with Crippen LogP contribution in [-0.4, -0.2) is 24.0 Å². The lowest BCUT2D eigenvalue weighted by atomic mass is 9.99. The van der Waals surface area contributed by atoms with Crippen LogP contribution in [0.1, 0.15) is 30.5 Å². The fourth-order valence-corrected chi connectivity index (χ4v) is 1.75. The van der Waals surface area contributed by atoms with E-state index in [9.17, 15) is 14.7 Å². The largest absolute Gasteiger partial charge is 0.507 e. The lowest BCUT2D eigenvalue weighted by Gasteiger charge is -2.09. The third-order valence-corrected chi connectivity index (χ3v) is 2.89. The van der Waals surface area contributed by atoms with Crippen LogP contribution in [0.15, 0.2) is 24.3 Å². The predicted molar refractivity (Wildman–Crippen MR) is 72.8 cm³/mol. The van der Waals surface area contributed by atoms with Crippen LogP contribution in [0.5, 0.6) is 0 Å². The average Bonchev–Trinajstić information content (AvgIpc) is 2.45. The van der Waals surface area contributed by atoms with Crippen LogP contribution < -0.4 is 0 Å². The Bertz CT molecular complexity index is 515. The summed E-state index contributed by atoms with van der Waals surface area (Å²) in [6.07, 6.45) is 2.46. The molecule has 4 heteroatoms. The Labute approximate surface area is 112 Å². The molecule has 0 bridgehead atoms. The highest BCUT2D eigenvalue weighted by atomic mass is 16.5. The van der Waals surface area contributed by atoms with E-state index in [0.29, 0.717) is 5.56 Å². The quantitative estimate of drug-likeness (QED) is 0.383. The summed E-state index contributed by atoms with van der Waals surface area (Å²) in [5.74, 6) is -2.07. The molecular formula is C15H18O4. The van der Waals surface area contributed by atoms with Crippen LogP contribution in [0.2, 0.25) is 0 Å². The van der Waals surface area contributed by atoms with Crippen molar-refractivity contribution in [3.8, 4) is 0 Å². The summed E-state index contributed by atoms with van der Waals surface area (Å²) >= 11 is 0. The predicted octanol–water partition coefficient (Wildman–Crippen LogP) is 2.45. The number of carbonyl (C=O) groups is 2. The van der Waals surface area contributed by atoms with Crippen LogP contribution in [0.25, 0.3) is 5.76 Å². The Morgan fingerprint density at radius 2 is 1.95 bits per heavy atom. The number of hydrogen-bond donors (Lipinski definition) is 1. The van der Waals surface area contributed by atoms with Gasteiger partial charge in [0.15, 0.2) is 0 Å². The zero-order chi connectivity index (χ0) is 14.4. The molecule has 0 saturated carbocycles. The lowest BCUT2D eigenvalue weighted by Crippen LogP contribution is -2.13. The minimum absolute atomic E-state index is 0.206. The van der Waals surface area contributed by atoms with Gasteiger partial charge in [-0.2, -0.15) is 0 Å². The van der Waals surface area contributed by atoms with Gasteiger partial charge in [-0.1, -0.05) is 26.0 Å². The fraction of sp³-hybridized carbons (Fsp3) is 0.333. The molecule has 0 saturated heterocycles. The first kappa shape index (κ1) is 15.0. The Morgan fingerprint density at radius 1 is 1.26 bits per heavy atom. The topological polar surface area (TPSA) is 63.6 Å². The van der Waals surface area contributed by atoms with Gasteiger partial charge < -0.3 is 9.84 Å². The van der Waals surface area contributed by atoms with E-state index in [-0.39, 0.29) is 5.76 Å². The van der Waals surface area contributed by atoms with Gasteiger partial charge in [0, 0.05) is 11.6 Å². The van der Waals surface area contributed by atoms with E-state index in [2.05, 4.69) is 4.74 Å². The minimum Gasteiger partial charge on any atom is -0.507 e. The second-order valence-electron chi connectivity index (χ2n) is 4.08. The Kier molecular flexibility index (Phi) is 5.30. The molecule has 1 aromatic rings. The van der Waals surface area contributed by atoms with Gasteiger partial charge >= 0.3 is 5.97 Å². The molecule has 0 fully saturated rings.